The number of hydrogen-bond donors (Lipinski definition) is 0. The third-order valence-corrected chi connectivity index (χ3v) is 2.52. The van der Waals surface area contributed by atoms with E-state index in [0.717, 1.165) is 11.1 Å². The number of rotatable bonds is 4. The zero-order chi connectivity index (χ0) is 13.7. The van der Waals surface area contributed by atoms with Crippen molar-refractivity contribution in [1.82, 2.24) is 0 Å². The molecule has 0 aliphatic heterocycles. The van der Waals surface area contributed by atoms with Crippen LogP contribution in [0.2, 0.25) is 0 Å². The van der Waals surface area contributed by atoms with Gasteiger partial charge in [-0.15, -0.1) is 0 Å². The molecule has 98 valence electrons. The molecule has 0 aromatic heterocycles. The second-order valence-electron chi connectivity index (χ2n) is 4.01. The summed E-state index contributed by atoms with van der Waals surface area (Å²) in [5.74, 6) is -0.0257. The van der Waals surface area contributed by atoms with Crippen LogP contribution in [0, 0.1) is 13.8 Å². The van der Waals surface area contributed by atoms with Gasteiger partial charge < -0.3 is 9.47 Å². The van der Waals surface area contributed by atoms with Crippen LogP contribution in [0.3, 0.4) is 0 Å². The molecule has 0 atom stereocenters. The average Bonchev–Trinajstić information content (AvgIpc) is 2.37. The Balaban J connectivity index is 3.15. The molecule has 1 aromatic rings. The summed E-state index contributed by atoms with van der Waals surface area (Å²) in [6.07, 6.45) is 0.545. The van der Waals surface area contributed by atoms with E-state index in [1.165, 1.54) is 0 Å². The molecular weight excluding hydrogens is 232 g/mol. The van der Waals surface area contributed by atoms with E-state index in [1.54, 1.807) is 27.7 Å². The molecular formula is C14H18O4. The van der Waals surface area contributed by atoms with Crippen LogP contribution < -0.4 is 9.47 Å². The third-order valence-electron chi connectivity index (χ3n) is 2.52. The fourth-order valence-corrected chi connectivity index (χ4v) is 1.39. The molecule has 0 heterocycles. The van der Waals surface area contributed by atoms with Crippen molar-refractivity contribution in [2.75, 3.05) is 0 Å². The number of carbonyl (C=O) groups excluding carboxylic acids is 2. The zero-order valence-corrected chi connectivity index (χ0v) is 11.2. The summed E-state index contributed by atoms with van der Waals surface area (Å²) in [5.41, 5.74) is 1.53. The first-order valence-electron chi connectivity index (χ1n) is 6.01. The van der Waals surface area contributed by atoms with Gasteiger partial charge in [0.15, 0.2) is 11.5 Å². The molecule has 0 unspecified atom stereocenters. The van der Waals surface area contributed by atoms with Crippen LogP contribution in [-0.2, 0) is 9.59 Å². The van der Waals surface area contributed by atoms with E-state index in [-0.39, 0.29) is 24.8 Å². The maximum Gasteiger partial charge on any atom is 0.311 e. The fourth-order valence-electron chi connectivity index (χ4n) is 1.39. The Morgan fingerprint density at radius 1 is 0.889 bits per heavy atom. The monoisotopic (exact) mass is 250 g/mol. The van der Waals surface area contributed by atoms with Gasteiger partial charge in [-0.25, -0.2) is 0 Å². The largest absolute Gasteiger partial charge is 0.422 e. The molecule has 0 aliphatic carbocycles. The number of carbonyl (C=O) groups is 2. The van der Waals surface area contributed by atoms with E-state index in [9.17, 15) is 9.59 Å². The lowest BCUT2D eigenvalue weighted by Gasteiger charge is -2.14. The summed E-state index contributed by atoms with van der Waals surface area (Å²) in [6, 6.07) is 3.66. The van der Waals surface area contributed by atoms with Crippen LogP contribution in [0.25, 0.3) is 0 Å². The Morgan fingerprint density at radius 3 is 1.50 bits per heavy atom. The van der Waals surface area contributed by atoms with Gasteiger partial charge in [0.1, 0.15) is 0 Å². The predicted molar refractivity (Wildman–Crippen MR) is 67.8 cm³/mol. The molecule has 4 heteroatoms. The SMILES string of the molecule is CCC(=O)Oc1c(C)ccc(C)c1OC(=O)CC. The fraction of sp³-hybridized carbons (Fsp3) is 0.429. The Bertz CT molecular complexity index is 420. The summed E-state index contributed by atoms with van der Waals surface area (Å²) in [7, 11) is 0. The quantitative estimate of drug-likeness (QED) is 0.609. The zero-order valence-electron chi connectivity index (χ0n) is 11.2. The van der Waals surface area contributed by atoms with E-state index >= 15 is 0 Å². The molecule has 1 rings (SSSR count). The predicted octanol–water partition coefficient (Wildman–Crippen LogP) is 2.93. The maximum atomic E-state index is 11.4. The number of hydrogen-bond acceptors (Lipinski definition) is 4. The Labute approximate surface area is 107 Å². The van der Waals surface area contributed by atoms with E-state index in [2.05, 4.69) is 0 Å². The van der Waals surface area contributed by atoms with E-state index in [1.807, 2.05) is 12.1 Å². The summed E-state index contributed by atoms with van der Waals surface area (Å²) >= 11 is 0. The molecule has 0 saturated carbocycles. The molecule has 0 saturated heterocycles. The van der Waals surface area contributed by atoms with Gasteiger partial charge in [-0.3, -0.25) is 9.59 Å². The van der Waals surface area contributed by atoms with Gasteiger partial charge in [0.2, 0.25) is 0 Å². The highest BCUT2D eigenvalue weighted by molar-refractivity contribution is 5.77. The van der Waals surface area contributed by atoms with Gasteiger partial charge in [0, 0.05) is 12.8 Å². The third kappa shape index (κ3) is 3.32. The van der Waals surface area contributed by atoms with Crippen LogP contribution in [0.5, 0.6) is 11.5 Å². The van der Waals surface area contributed by atoms with Crippen molar-refractivity contribution in [3.8, 4) is 11.5 Å². The number of aryl methyl sites for hydroxylation is 2. The summed E-state index contributed by atoms with van der Waals surface area (Å²) < 4.78 is 10.5. The lowest BCUT2D eigenvalue weighted by Crippen LogP contribution is -2.12. The summed E-state index contributed by atoms with van der Waals surface area (Å²) in [4.78, 5) is 22.8. The van der Waals surface area contributed by atoms with Crippen LogP contribution in [0.15, 0.2) is 12.1 Å². The Hall–Kier alpha value is -1.84. The molecule has 1 aromatic carbocycles. The lowest BCUT2D eigenvalue weighted by molar-refractivity contribution is -0.136. The van der Waals surface area contributed by atoms with Crippen molar-refractivity contribution < 1.29 is 19.1 Å². The molecule has 0 aliphatic rings. The lowest BCUT2D eigenvalue weighted by atomic mass is 10.1. The average molecular weight is 250 g/mol. The molecule has 0 fully saturated rings. The number of ether oxygens (including phenoxy) is 2. The molecule has 18 heavy (non-hydrogen) atoms. The molecule has 0 bridgehead atoms. The Kier molecular flexibility index (Phi) is 4.89. The van der Waals surface area contributed by atoms with E-state index in [4.69, 9.17) is 9.47 Å². The van der Waals surface area contributed by atoms with Crippen molar-refractivity contribution >= 4 is 11.9 Å². The Morgan fingerprint density at radius 2 is 1.22 bits per heavy atom. The first kappa shape index (κ1) is 14.2. The van der Waals surface area contributed by atoms with Crippen molar-refractivity contribution in [1.29, 1.82) is 0 Å². The minimum atomic E-state index is -0.350. The van der Waals surface area contributed by atoms with Crippen LogP contribution in [0.4, 0.5) is 0 Å². The minimum Gasteiger partial charge on any atom is -0.422 e. The molecule has 0 radical (unpaired) electrons. The van der Waals surface area contributed by atoms with Crippen LogP contribution in [-0.4, -0.2) is 11.9 Å². The highest BCUT2D eigenvalue weighted by Gasteiger charge is 2.17. The van der Waals surface area contributed by atoms with Gasteiger partial charge in [-0.05, 0) is 25.0 Å². The van der Waals surface area contributed by atoms with Gasteiger partial charge in [0.05, 0.1) is 0 Å². The molecule has 0 N–H and O–H groups in total. The van der Waals surface area contributed by atoms with Gasteiger partial charge in [0.25, 0.3) is 0 Å². The number of benzene rings is 1. The summed E-state index contributed by atoms with van der Waals surface area (Å²) in [5, 5.41) is 0. The van der Waals surface area contributed by atoms with Crippen molar-refractivity contribution in [3.63, 3.8) is 0 Å². The second kappa shape index (κ2) is 6.19. The van der Waals surface area contributed by atoms with Crippen molar-refractivity contribution in [2.45, 2.75) is 40.5 Å². The number of esters is 2. The normalized spacial score (nSPS) is 10.0. The van der Waals surface area contributed by atoms with E-state index < -0.39 is 0 Å². The van der Waals surface area contributed by atoms with E-state index in [0.29, 0.717) is 11.5 Å². The topological polar surface area (TPSA) is 52.6 Å². The molecule has 0 amide bonds. The van der Waals surface area contributed by atoms with Crippen molar-refractivity contribution in [2.24, 2.45) is 0 Å². The first-order valence-corrected chi connectivity index (χ1v) is 6.01. The first-order chi connectivity index (χ1) is 8.49. The summed E-state index contributed by atoms with van der Waals surface area (Å²) in [6.45, 7) is 7.04. The second-order valence-corrected chi connectivity index (χ2v) is 4.01. The minimum absolute atomic E-state index is 0.272. The molecule has 4 nitrogen and oxygen atoms in total. The van der Waals surface area contributed by atoms with Crippen LogP contribution in [0.1, 0.15) is 37.8 Å². The standard InChI is InChI=1S/C14H18O4/c1-5-11(15)17-13-9(3)7-8-10(4)14(13)18-12(16)6-2/h7-8H,5-6H2,1-4H3. The smallest absolute Gasteiger partial charge is 0.311 e. The highest BCUT2D eigenvalue weighted by atomic mass is 16.6. The maximum absolute atomic E-state index is 11.4. The van der Waals surface area contributed by atoms with Gasteiger partial charge in [-0.1, -0.05) is 26.0 Å². The van der Waals surface area contributed by atoms with Crippen LogP contribution >= 0.6 is 0 Å². The van der Waals surface area contributed by atoms with Crippen molar-refractivity contribution in [3.05, 3.63) is 23.3 Å². The van der Waals surface area contributed by atoms with Gasteiger partial charge >= 0.3 is 11.9 Å². The molecule has 0 spiro atoms. The highest BCUT2D eigenvalue weighted by Crippen LogP contribution is 2.35. The van der Waals surface area contributed by atoms with Gasteiger partial charge in [-0.2, -0.15) is 0 Å².